The number of fused-ring (bicyclic) bond motifs is 3. The summed E-state index contributed by atoms with van der Waals surface area (Å²) in [6, 6.07) is 9.66. The van der Waals surface area contributed by atoms with Crippen LogP contribution in [0.5, 0.6) is 0 Å². The van der Waals surface area contributed by atoms with Gasteiger partial charge in [-0.1, -0.05) is 29.8 Å². The Bertz CT molecular complexity index is 694. The highest BCUT2D eigenvalue weighted by molar-refractivity contribution is 6.31. The zero-order valence-electron chi connectivity index (χ0n) is 8.31. The van der Waals surface area contributed by atoms with E-state index in [-0.39, 0.29) is 0 Å². The number of nitrogens with two attached hydrogens (primary N) is 1. The van der Waals surface area contributed by atoms with E-state index in [1.807, 2.05) is 30.3 Å². The van der Waals surface area contributed by atoms with Crippen LogP contribution >= 0.6 is 11.6 Å². The molecule has 1 aromatic carbocycles. The number of pyridine rings is 2. The van der Waals surface area contributed by atoms with Crippen molar-refractivity contribution in [3.63, 3.8) is 0 Å². The summed E-state index contributed by atoms with van der Waals surface area (Å²) >= 11 is 5.95. The van der Waals surface area contributed by atoms with Crippen LogP contribution in [0.4, 0.5) is 5.82 Å². The van der Waals surface area contributed by atoms with E-state index in [4.69, 9.17) is 17.3 Å². The molecule has 2 aromatic heterocycles. The van der Waals surface area contributed by atoms with E-state index in [9.17, 15) is 0 Å². The number of rotatable bonds is 0. The predicted molar refractivity (Wildman–Crippen MR) is 66.5 cm³/mol. The Balaban J connectivity index is 2.61. The molecule has 3 rings (SSSR count). The quantitative estimate of drug-likeness (QED) is 0.603. The van der Waals surface area contributed by atoms with Gasteiger partial charge in [-0.15, -0.1) is 0 Å². The van der Waals surface area contributed by atoms with E-state index < -0.39 is 0 Å². The molecule has 0 spiro atoms. The lowest BCUT2D eigenvalue weighted by atomic mass is 10.1. The first-order valence-corrected chi connectivity index (χ1v) is 5.23. The van der Waals surface area contributed by atoms with E-state index in [0.29, 0.717) is 16.4 Å². The summed E-state index contributed by atoms with van der Waals surface area (Å²) in [7, 11) is 0. The highest BCUT2D eigenvalue weighted by Gasteiger charge is 2.06. The number of anilines is 1. The van der Waals surface area contributed by atoms with E-state index in [2.05, 4.69) is 9.97 Å². The minimum absolute atomic E-state index is 0.436. The fraction of sp³-hybridized carbons (Fsp3) is 0. The van der Waals surface area contributed by atoms with Gasteiger partial charge in [0.15, 0.2) is 5.82 Å². The first-order chi connectivity index (χ1) is 7.75. The van der Waals surface area contributed by atoms with Crippen molar-refractivity contribution in [2.24, 2.45) is 0 Å². The largest absolute Gasteiger partial charge is 0.382 e. The van der Waals surface area contributed by atoms with Gasteiger partial charge in [0, 0.05) is 17.0 Å². The van der Waals surface area contributed by atoms with E-state index in [1.165, 1.54) is 0 Å². The molecule has 0 bridgehead atoms. The molecular weight excluding hydrogens is 222 g/mol. The highest BCUT2D eigenvalue weighted by atomic mass is 35.5. The van der Waals surface area contributed by atoms with Gasteiger partial charge < -0.3 is 5.73 Å². The van der Waals surface area contributed by atoms with E-state index in [1.54, 1.807) is 6.20 Å². The Kier molecular flexibility index (Phi) is 1.94. The zero-order chi connectivity index (χ0) is 11.1. The van der Waals surface area contributed by atoms with Crippen LogP contribution in [0, 0.1) is 0 Å². The first kappa shape index (κ1) is 9.36. The number of nitrogens with zero attached hydrogens (tertiary/aromatic N) is 2. The number of halogens is 1. The molecule has 3 aromatic rings. The molecule has 0 amide bonds. The number of aromatic nitrogens is 2. The molecule has 2 N–H and O–H groups in total. The van der Waals surface area contributed by atoms with Gasteiger partial charge in [-0.2, -0.15) is 0 Å². The van der Waals surface area contributed by atoms with Crippen LogP contribution in [0.15, 0.2) is 36.5 Å². The Labute approximate surface area is 96.9 Å². The Hall–Kier alpha value is -1.87. The third kappa shape index (κ3) is 1.29. The molecule has 0 saturated heterocycles. The number of hydrogen-bond donors (Lipinski definition) is 1. The van der Waals surface area contributed by atoms with Crippen molar-refractivity contribution in [1.82, 2.24) is 9.97 Å². The highest BCUT2D eigenvalue weighted by Crippen LogP contribution is 2.27. The molecule has 0 aliphatic rings. The molecule has 0 saturated carbocycles. The van der Waals surface area contributed by atoms with Crippen molar-refractivity contribution in [3.8, 4) is 0 Å². The normalized spacial score (nSPS) is 11.1. The minimum atomic E-state index is 0.436. The second-order valence-electron chi connectivity index (χ2n) is 3.56. The SMILES string of the molecule is Nc1nc2ccccc2c2cc(Cl)cnc12. The zero-order valence-corrected chi connectivity index (χ0v) is 9.07. The molecular formula is C12H8ClN3. The van der Waals surface area contributed by atoms with Crippen LogP contribution in [0.3, 0.4) is 0 Å². The van der Waals surface area contributed by atoms with Gasteiger partial charge in [-0.25, -0.2) is 4.98 Å². The molecule has 78 valence electrons. The molecule has 0 unspecified atom stereocenters. The van der Waals surface area contributed by atoms with E-state index >= 15 is 0 Å². The smallest absolute Gasteiger partial charge is 0.150 e. The molecule has 0 aliphatic carbocycles. The lowest BCUT2D eigenvalue weighted by Crippen LogP contribution is -1.95. The molecule has 16 heavy (non-hydrogen) atoms. The summed E-state index contributed by atoms with van der Waals surface area (Å²) in [6.45, 7) is 0. The maximum Gasteiger partial charge on any atom is 0.150 e. The maximum absolute atomic E-state index is 5.95. The topological polar surface area (TPSA) is 51.8 Å². The maximum atomic E-state index is 5.95. The minimum Gasteiger partial charge on any atom is -0.382 e. The lowest BCUT2D eigenvalue weighted by molar-refractivity contribution is 1.36. The average molecular weight is 230 g/mol. The number of nitrogen functional groups attached to an aromatic ring is 1. The van der Waals surface area contributed by atoms with Crippen LogP contribution < -0.4 is 5.73 Å². The third-order valence-corrected chi connectivity index (χ3v) is 2.74. The Morgan fingerprint density at radius 3 is 2.81 bits per heavy atom. The van der Waals surface area contributed by atoms with Gasteiger partial charge in [0.05, 0.1) is 10.5 Å². The van der Waals surface area contributed by atoms with Crippen LogP contribution in [0.2, 0.25) is 5.02 Å². The first-order valence-electron chi connectivity index (χ1n) is 4.85. The van der Waals surface area contributed by atoms with E-state index in [0.717, 1.165) is 16.3 Å². The monoisotopic (exact) mass is 229 g/mol. The molecule has 0 fully saturated rings. The Morgan fingerprint density at radius 1 is 1.12 bits per heavy atom. The van der Waals surface area contributed by atoms with Crippen LogP contribution in [0.25, 0.3) is 21.8 Å². The second-order valence-corrected chi connectivity index (χ2v) is 4.00. The van der Waals surface area contributed by atoms with Gasteiger partial charge in [-0.3, -0.25) is 4.98 Å². The standard InChI is InChI=1S/C12H8ClN3/c13-7-5-9-8-3-1-2-4-10(8)16-12(14)11(9)15-6-7/h1-6H,(H2,14,16). The van der Waals surface area contributed by atoms with Gasteiger partial charge in [0.1, 0.15) is 5.52 Å². The van der Waals surface area contributed by atoms with Crippen molar-refractivity contribution in [2.75, 3.05) is 5.73 Å². The summed E-state index contributed by atoms with van der Waals surface area (Å²) in [5, 5.41) is 2.56. The average Bonchev–Trinajstić information content (AvgIpc) is 2.29. The van der Waals surface area contributed by atoms with Crippen molar-refractivity contribution in [2.45, 2.75) is 0 Å². The summed E-state index contributed by atoms with van der Waals surface area (Å²) in [4.78, 5) is 8.52. The number of benzene rings is 1. The molecule has 3 nitrogen and oxygen atoms in total. The van der Waals surface area contributed by atoms with Crippen molar-refractivity contribution < 1.29 is 0 Å². The van der Waals surface area contributed by atoms with Gasteiger partial charge in [0.2, 0.25) is 0 Å². The second kappa shape index (κ2) is 3.32. The fourth-order valence-electron chi connectivity index (χ4n) is 1.83. The van der Waals surface area contributed by atoms with Gasteiger partial charge >= 0.3 is 0 Å². The number of hydrogen-bond acceptors (Lipinski definition) is 3. The van der Waals surface area contributed by atoms with Crippen LogP contribution in [0.1, 0.15) is 0 Å². The summed E-state index contributed by atoms with van der Waals surface area (Å²) in [5.41, 5.74) is 7.41. The summed E-state index contributed by atoms with van der Waals surface area (Å²) < 4.78 is 0. The lowest BCUT2D eigenvalue weighted by Gasteiger charge is -2.05. The predicted octanol–water partition coefficient (Wildman–Crippen LogP) is 3.02. The van der Waals surface area contributed by atoms with Crippen molar-refractivity contribution >= 4 is 39.2 Å². The Morgan fingerprint density at radius 2 is 1.94 bits per heavy atom. The number of para-hydroxylation sites is 1. The molecule has 0 radical (unpaired) electrons. The molecule has 0 aliphatic heterocycles. The van der Waals surface area contributed by atoms with Gasteiger partial charge in [0.25, 0.3) is 0 Å². The molecule has 4 heteroatoms. The summed E-state index contributed by atoms with van der Waals surface area (Å²) in [6.07, 6.45) is 1.58. The van der Waals surface area contributed by atoms with Gasteiger partial charge in [-0.05, 0) is 12.1 Å². The van der Waals surface area contributed by atoms with Crippen LogP contribution in [-0.4, -0.2) is 9.97 Å². The molecule has 2 heterocycles. The third-order valence-electron chi connectivity index (χ3n) is 2.53. The fourth-order valence-corrected chi connectivity index (χ4v) is 1.99. The van der Waals surface area contributed by atoms with Crippen molar-refractivity contribution in [3.05, 3.63) is 41.6 Å². The van der Waals surface area contributed by atoms with Crippen molar-refractivity contribution in [1.29, 1.82) is 0 Å². The molecule has 0 atom stereocenters. The summed E-state index contributed by atoms with van der Waals surface area (Å²) in [5.74, 6) is 0.436. The van der Waals surface area contributed by atoms with Crippen LogP contribution in [-0.2, 0) is 0 Å².